The molecule has 0 saturated heterocycles. The molecule has 1 aromatic carbocycles. The van der Waals surface area contributed by atoms with Gasteiger partial charge in [0.15, 0.2) is 5.13 Å². The molecule has 0 amide bonds. The first-order valence-corrected chi connectivity index (χ1v) is 6.75. The Morgan fingerprint density at radius 2 is 1.89 bits per heavy atom. The highest BCUT2D eigenvalue weighted by molar-refractivity contribution is 8.00. The van der Waals surface area contributed by atoms with Gasteiger partial charge in [-0.1, -0.05) is 23.5 Å². The summed E-state index contributed by atoms with van der Waals surface area (Å²) in [7, 11) is 0. The maximum absolute atomic E-state index is 12.3. The average Bonchev–Trinajstić information content (AvgIpc) is 2.72. The van der Waals surface area contributed by atoms with E-state index >= 15 is 0 Å². The van der Waals surface area contributed by atoms with Gasteiger partial charge in [0, 0.05) is 5.75 Å². The monoisotopic (exact) mass is 290 g/mol. The second-order valence-corrected chi connectivity index (χ2v) is 5.84. The first-order chi connectivity index (χ1) is 8.45. The molecule has 0 unspecified atom stereocenters. The molecule has 96 valence electrons. The fraction of sp³-hybridized carbons (Fsp3) is 0.182. The predicted octanol–water partition coefficient (Wildman–Crippen LogP) is 4.04. The number of thiazole rings is 1. The van der Waals surface area contributed by atoms with Gasteiger partial charge in [-0.3, -0.25) is 0 Å². The Bertz CT molecular complexity index is 520. The molecule has 0 aliphatic heterocycles. The Balaban J connectivity index is 1.98. The highest BCUT2D eigenvalue weighted by Gasteiger charge is 2.29. The third-order valence-electron chi connectivity index (χ3n) is 2.16. The van der Waals surface area contributed by atoms with Crippen LogP contribution in [-0.2, 0) is 11.9 Å². The van der Waals surface area contributed by atoms with Crippen LogP contribution in [0.4, 0.5) is 18.3 Å². The minimum atomic E-state index is -4.28. The van der Waals surface area contributed by atoms with Crippen LogP contribution in [-0.4, -0.2) is 4.98 Å². The maximum Gasteiger partial charge on any atom is 0.416 e. The van der Waals surface area contributed by atoms with Gasteiger partial charge in [0.1, 0.15) is 0 Å². The standard InChI is InChI=1S/C11H9F3N2S2/c12-11(13,14)8-3-1-7(2-4-8)6-17-9-5-16-10(15)18-9/h1-5H,6H2,(H2,15,16). The van der Waals surface area contributed by atoms with Crippen molar-refractivity contribution in [2.75, 3.05) is 5.73 Å². The number of aromatic nitrogens is 1. The van der Waals surface area contributed by atoms with E-state index in [-0.39, 0.29) is 0 Å². The summed E-state index contributed by atoms with van der Waals surface area (Å²) in [4.78, 5) is 3.90. The third kappa shape index (κ3) is 3.39. The maximum atomic E-state index is 12.3. The van der Waals surface area contributed by atoms with Crippen LogP contribution in [0.1, 0.15) is 11.1 Å². The lowest BCUT2D eigenvalue weighted by Gasteiger charge is -2.07. The van der Waals surface area contributed by atoms with Crippen molar-refractivity contribution in [1.82, 2.24) is 4.98 Å². The molecule has 2 rings (SSSR count). The smallest absolute Gasteiger partial charge is 0.375 e. The summed E-state index contributed by atoms with van der Waals surface area (Å²) in [5, 5.41) is 0.491. The number of hydrogen-bond acceptors (Lipinski definition) is 4. The average molecular weight is 290 g/mol. The topological polar surface area (TPSA) is 38.9 Å². The van der Waals surface area contributed by atoms with Crippen LogP contribution in [0, 0.1) is 0 Å². The van der Waals surface area contributed by atoms with Gasteiger partial charge < -0.3 is 5.73 Å². The van der Waals surface area contributed by atoms with Crippen molar-refractivity contribution in [1.29, 1.82) is 0 Å². The Labute approximate surface area is 110 Å². The van der Waals surface area contributed by atoms with E-state index < -0.39 is 11.7 Å². The van der Waals surface area contributed by atoms with Crippen LogP contribution in [0.2, 0.25) is 0 Å². The quantitative estimate of drug-likeness (QED) is 0.867. The van der Waals surface area contributed by atoms with Gasteiger partial charge >= 0.3 is 6.18 Å². The van der Waals surface area contributed by atoms with Gasteiger partial charge in [-0.15, -0.1) is 11.8 Å². The lowest BCUT2D eigenvalue weighted by Crippen LogP contribution is -2.04. The Kier molecular flexibility index (Phi) is 3.82. The van der Waals surface area contributed by atoms with Crippen LogP contribution in [0.15, 0.2) is 34.7 Å². The summed E-state index contributed by atoms with van der Waals surface area (Å²) in [5.41, 5.74) is 5.69. The number of anilines is 1. The number of benzene rings is 1. The fourth-order valence-electron chi connectivity index (χ4n) is 1.28. The summed E-state index contributed by atoms with van der Waals surface area (Å²) >= 11 is 2.87. The van der Waals surface area contributed by atoms with E-state index in [4.69, 9.17) is 5.73 Å². The molecule has 2 N–H and O–H groups in total. The van der Waals surface area contributed by atoms with Crippen molar-refractivity contribution in [3.05, 3.63) is 41.6 Å². The van der Waals surface area contributed by atoms with Gasteiger partial charge in [-0.2, -0.15) is 13.2 Å². The van der Waals surface area contributed by atoms with Crippen LogP contribution in [0.3, 0.4) is 0 Å². The molecule has 18 heavy (non-hydrogen) atoms. The Morgan fingerprint density at radius 3 is 2.39 bits per heavy atom. The van der Waals surface area contributed by atoms with Gasteiger partial charge in [-0.25, -0.2) is 4.98 Å². The summed E-state index contributed by atoms with van der Waals surface area (Å²) in [6.45, 7) is 0. The third-order valence-corrected chi connectivity index (χ3v) is 4.26. The van der Waals surface area contributed by atoms with Crippen LogP contribution >= 0.6 is 23.1 Å². The highest BCUT2D eigenvalue weighted by Crippen LogP contribution is 2.31. The van der Waals surface area contributed by atoms with E-state index in [1.54, 1.807) is 6.20 Å². The number of halogens is 3. The second-order valence-electron chi connectivity index (χ2n) is 3.50. The summed E-state index contributed by atoms with van der Waals surface area (Å²) < 4.78 is 38.0. The lowest BCUT2D eigenvalue weighted by molar-refractivity contribution is -0.137. The van der Waals surface area contributed by atoms with Crippen molar-refractivity contribution in [2.24, 2.45) is 0 Å². The molecule has 1 heterocycles. The molecule has 2 nitrogen and oxygen atoms in total. The zero-order valence-electron chi connectivity index (χ0n) is 9.07. The Morgan fingerprint density at radius 1 is 1.22 bits per heavy atom. The number of thioether (sulfide) groups is 1. The number of hydrogen-bond donors (Lipinski definition) is 1. The van der Waals surface area contributed by atoms with Crippen molar-refractivity contribution in [3.63, 3.8) is 0 Å². The second kappa shape index (κ2) is 5.19. The largest absolute Gasteiger partial charge is 0.416 e. The summed E-state index contributed by atoms with van der Waals surface area (Å²) in [6, 6.07) is 5.16. The van der Waals surface area contributed by atoms with Gasteiger partial charge in [0.2, 0.25) is 0 Å². The number of nitrogens with zero attached hydrogens (tertiary/aromatic N) is 1. The SMILES string of the molecule is Nc1ncc(SCc2ccc(C(F)(F)F)cc2)s1. The molecule has 1 aromatic heterocycles. The van der Waals surface area contributed by atoms with Crippen molar-refractivity contribution >= 4 is 28.2 Å². The van der Waals surface area contributed by atoms with Gasteiger partial charge in [0.25, 0.3) is 0 Å². The van der Waals surface area contributed by atoms with Crippen molar-refractivity contribution < 1.29 is 13.2 Å². The number of alkyl halides is 3. The van der Waals surface area contributed by atoms with Crippen LogP contribution in [0.25, 0.3) is 0 Å². The molecule has 0 atom stereocenters. The number of nitrogen functional groups attached to an aromatic ring is 1. The highest BCUT2D eigenvalue weighted by atomic mass is 32.2. The zero-order chi connectivity index (χ0) is 13.2. The number of nitrogens with two attached hydrogens (primary N) is 1. The summed E-state index contributed by atoms with van der Waals surface area (Å²) in [6.07, 6.45) is -2.62. The van der Waals surface area contributed by atoms with E-state index in [0.717, 1.165) is 21.9 Å². The zero-order valence-corrected chi connectivity index (χ0v) is 10.7. The first-order valence-electron chi connectivity index (χ1n) is 4.95. The minimum absolute atomic E-state index is 0.491. The van der Waals surface area contributed by atoms with E-state index in [2.05, 4.69) is 4.98 Å². The molecule has 0 spiro atoms. The van der Waals surface area contributed by atoms with E-state index in [1.807, 2.05) is 0 Å². The predicted molar refractivity (Wildman–Crippen MR) is 67.5 cm³/mol. The minimum Gasteiger partial charge on any atom is -0.375 e. The summed E-state index contributed by atoms with van der Waals surface area (Å²) in [5.74, 6) is 0.597. The molecule has 0 aliphatic rings. The molecule has 0 saturated carbocycles. The van der Waals surface area contributed by atoms with Crippen molar-refractivity contribution in [2.45, 2.75) is 16.1 Å². The molecule has 0 bridgehead atoms. The van der Waals surface area contributed by atoms with E-state index in [9.17, 15) is 13.2 Å². The van der Waals surface area contributed by atoms with E-state index in [1.165, 1.54) is 35.2 Å². The van der Waals surface area contributed by atoms with Gasteiger partial charge in [0.05, 0.1) is 16.0 Å². The van der Waals surface area contributed by atoms with Gasteiger partial charge in [-0.05, 0) is 17.7 Å². The first kappa shape index (κ1) is 13.2. The van der Waals surface area contributed by atoms with Crippen LogP contribution in [0.5, 0.6) is 0 Å². The van der Waals surface area contributed by atoms with E-state index in [0.29, 0.717) is 10.9 Å². The molecule has 0 aliphatic carbocycles. The molecule has 2 aromatic rings. The van der Waals surface area contributed by atoms with Crippen LogP contribution < -0.4 is 5.73 Å². The fourth-order valence-corrected chi connectivity index (χ4v) is 3.00. The molecular formula is C11H9F3N2S2. The van der Waals surface area contributed by atoms with Crippen molar-refractivity contribution in [3.8, 4) is 0 Å². The Hall–Kier alpha value is -1.21. The molecule has 0 fully saturated rings. The molecule has 7 heteroatoms. The number of rotatable bonds is 3. The lowest BCUT2D eigenvalue weighted by atomic mass is 10.1. The normalized spacial score (nSPS) is 11.7. The molecular weight excluding hydrogens is 281 g/mol. The molecule has 0 radical (unpaired) electrons.